The minimum absolute atomic E-state index is 0.0866. The monoisotopic (exact) mass is 363 g/mol. The van der Waals surface area contributed by atoms with Crippen LogP contribution < -0.4 is 10.1 Å². The second-order valence-corrected chi connectivity index (χ2v) is 4.70. The largest absolute Gasteiger partial charge is 0.573 e. The molecule has 0 radical (unpaired) electrons. The highest BCUT2D eigenvalue weighted by Gasteiger charge is 2.31. The third-order valence-electron chi connectivity index (χ3n) is 2.20. The van der Waals surface area contributed by atoms with Gasteiger partial charge in [0.25, 0.3) is 6.43 Å². The first-order chi connectivity index (χ1) is 9.19. The number of ether oxygens (including phenoxy) is 1. The number of halogens is 6. The van der Waals surface area contributed by atoms with E-state index in [1.54, 1.807) is 0 Å². The predicted molar refractivity (Wildman–Crippen MR) is 64.5 cm³/mol. The molecular weight excluding hydrogens is 353 g/mol. The van der Waals surface area contributed by atoms with E-state index in [0.717, 1.165) is 6.07 Å². The van der Waals surface area contributed by atoms with Crippen molar-refractivity contribution in [2.45, 2.75) is 25.4 Å². The molecule has 9 heteroatoms. The highest BCUT2D eigenvalue weighted by atomic mass is 79.9. The number of benzene rings is 1. The van der Waals surface area contributed by atoms with E-state index >= 15 is 0 Å². The average Bonchev–Trinajstić information content (AvgIpc) is 2.30. The quantitative estimate of drug-likeness (QED) is 0.763. The summed E-state index contributed by atoms with van der Waals surface area (Å²) in [5.41, 5.74) is 0.549. The molecule has 2 N–H and O–H groups in total. The molecule has 0 aliphatic carbocycles. The smallest absolute Gasteiger partial charge is 0.405 e. The summed E-state index contributed by atoms with van der Waals surface area (Å²) in [6.07, 6.45) is -9.42. The summed E-state index contributed by atoms with van der Waals surface area (Å²) in [6, 6.07) is 3.83. The molecule has 1 aromatic carbocycles. The van der Waals surface area contributed by atoms with Crippen LogP contribution in [0.2, 0.25) is 0 Å². The van der Waals surface area contributed by atoms with Crippen molar-refractivity contribution < 1.29 is 31.8 Å². The number of hydrogen-bond donors (Lipinski definition) is 2. The lowest BCUT2D eigenvalue weighted by Crippen LogP contribution is -2.31. The molecule has 0 saturated heterocycles. The Hall–Kier alpha value is -0.930. The molecule has 0 saturated carbocycles. The summed E-state index contributed by atoms with van der Waals surface area (Å²) >= 11 is 2.92. The third-order valence-corrected chi connectivity index (χ3v) is 2.82. The van der Waals surface area contributed by atoms with Crippen molar-refractivity contribution in [1.82, 2.24) is 5.32 Å². The Morgan fingerprint density at radius 1 is 1.30 bits per heavy atom. The van der Waals surface area contributed by atoms with E-state index in [-0.39, 0.29) is 17.6 Å². The maximum absolute atomic E-state index is 12.0. The first-order valence-corrected chi connectivity index (χ1v) is 6.19. The van der Waals surface area contributed by atoms with Crippen LogP contribution in [0.25, 0.3) is 0 Å². The highest BCUT2D eigenvalue weighted by Crippen LogP contribution is 2.30. The van der Waals surface area contributed by atoms with Crippen LogP contribution in [0.4, 0.5) is 22.0 Å². The Balaban J connectivity index is 2.55. The fourth-order valence-electron chi connectivity index (χ4n) is 1.32. The van der Waals surface area contributed by atoms with Gasteiger partial charge in [0.2, 0.25) is 0 Å². The van der Waals surface area contributed by atoms with Gasteiger partial charge in [0.15, 0.2) is 0 Å². The lowest BCUT2D eigenvalue weighted by molar-refractivity contribution is -0.274. The summed E-state index contributed by atoms with van der Waals surface area (Å²) in [6.45, 7) is -0.204. The fourth-order valence-corrected chi connectivity index (χ4v) is 1.82. The van der Waals surface area contributed by atoms with E-state index in [1.165, 1.54) is 12.1 Å². The number of aliphatic hydroxyl groups is 1. The lowest BCUT2D eigenvalue weighted by Gasteiger charge is -2.13. The van der Waals surface area contributed by atoms with Gasteiger partial charge in [0.05, 0.1) is 4.47 Å². The Morgan fingerprint density at radius 3 is 2.45 bits per heavy atom. The molecule has 0 aliphatic heterocycles. The van der Waals surface area contributed by atoms with E-state index < -0.39 is 24.6 Å². The molecular formula is C11H11BrF5NO2. The molecule has 0 fully saturated rings. The highest BCUT2D eigenvalue weighted by molar-refractivity contribution is 9.10. The second-order valence-electron chi connectivity index (χ2n) is 3.85. The van der Waals surface area contributed by atoms with Gasteiger partial charge >= 0.3 is 6.36 Å². The number of aliphatic hydroxyl groups excluding tert-OH is 1. The standard InChI is InChI=1S/C11H11BrF5NO2/c12-7-3-6(4-18-5-8(19)10(13)14)1-2-9(7)20-11(15,16)17/h1-3,8,10,18-19H,4-5H2. The van der Waals surface area contributed by atoms with Crippen molar-refractivity contribution in [3.05, 3.63) is 28.2 Å². The summed E-state index contributed by atoms with van der Waals surface area (Å²) < 4.78 is 64.0. The Bertz CT molecular complexity index is 441. The normalized spacial score (nSPS) is 13.6. The van der Waals surface area contributed by atoms with E-state index in [4.69, 9.17) is 5.11 Å². The van der Waals surface area contributed by atoms with Gasteiger partial charge in [0, 0.05) is 13.1 Å². The zero-order valence-corrected chi connectivity index (χ0v) is 11.5. The van der Waals surface area contributed by atoms with Gasteiger partial charge in [-0.1, -0.05) is 6.07 Å². The van der Waals surface area contributed by atoms with Crippen molar-refractivity contribution in [1.29, 1.82) is 0 Å². The third kappa shape index (κ3) is 6.02. The van der Waals surface area contributed by atoms with Crippen LogP contribution >= 0.6 is 15.9 Å². The topological polar surface area (TPSA) is 41.5 Å². The van der Waals surface area contributed by atoms with Gasteiger partial charge in [-0.2, -0.15) is 0 Å². The number of alkyl halides is 5. The molecule has 1 atom stereocenters. The lowest BCUT2D eigenvalue weighted by atomic mass is 10.2. The molecule has 0 bridgehead atoms. The van der Waals surface area contributed by atoms with Crippen LogP contribution in [0.1, 0.15) is 5.56 Å². The zero-order chi connectivity index (χ0) is 15.3. The predicted octanol–water partition coefficient (Wildman–Crippen LogP) is 3.06. The Labute approximate surface area is 119 Å². The zero-order valence-electron chi connectivity index (χ0n) is 9.92. The molecule has 114 valence electrons. The molecule has 0 aromatic heterocycles. The molecule has 1 rings (SSSR count). The van der Waals surface area contributed by atoms with E-state index in [9.17, 15) is 22.0 Å². The molecule has 0 amide bonds. The van der Waals surface area contributed by atoms with Crippen molar-refractivity contribution in [3.8, 4) is 5.75 Å². The van der Waals surface area contributed by atoms with Crippen molar-refractivity contribution in [2.24, 2.45) is 0 Å². The molecule has 0 heterocycles. The maximum Gasteiger partial charge on any atom is 0.573 e. The first kappa shape index (κ1) is 17.1. The Kier molecular flexibility index (Phi) is 6.15. The summed E-state index contributed by atoms with van der Waals surface area (Å²) in [4.78, 5) is 0. The number of hydrogen-bond acceptors (Lipinski definition) is 3. The summed E-state index contributed by atoms with van der Waals surface area (Å²) in [5, 5.41) is 11.4. The van der Waals surface area contributed by atoms with Crippen LogP contribution in [-0.4, -0.2) is 30.5 Å². The maximum atomic E-state index is 12.0. The number of rotatable bonds is 6. The SMILES string of the molecule is OC(CNCc1ccc(OC(F)(F)F)c(Br)c1)C(F)F. The molecule has 3 nitrogen and oxygen atoms in total. The van der Waals surface area contributed by atoms with E-state index in [2.05, 4.69) is 26.0 Å². The molecule has 1 unspecified atom stereocenters. The minimum Gasteiger partial charge on any atom is -0.405 e. The van der Waals surface area contributed by atoms with Gasteiger partial charge in [0.1, 0.15) is 11.9 Å². The van der Waals surface area contributed by atoms with Crippen LogP contribution in [0.5, 0.6) is 5.75 Å². The van der Waals surface area contributed by atoms with E-state index in [0.29, 0.717) is 5.56 Å². The van der Waals surface area contributed by atoms with Crippen molar-refractivity contribution >= 4 is 15.9 Å². The summed E-state index contributed by atoms with van der Waals surface area (Å²) in [5.74, 6) is -0.395. The molecule has 20 heavy (non-hydrogen) atoms. The second kappa shape index (κ2) is 7.19. The van der Waals surface area contributed by atoms with Crippen molar-refractivity contribution in [2.75, 3.05) is 6.54 Å². The molecule has 0 spiro atoms. The molecule has 1 aromatic rings. The summed E-state index contributed by atoms with van der Waals surface area (Å²) in [7, 11) is 0. The van der Waals surface area contributed by atoms with Gasteiger partial charge in [-0.05, 0) is 33.6 Å². The van der Waals surface area contributed by atoms with Crippen molar-refractivity contribution in [3.63, 3.8) is 0 Å². The number of nitrogens with one attached hydrogen (secondary N) is 1. The first-order valence-electron chi connectivity index (χ1n) is 5.40. The average molecular weight is 364 g/mol. The Morgan fingerprint density at radius 2 is 1.95 bits per heavy atom. The van der Waals surface area contributed by atoms with Crippen LogP contribution in [0, 0.1) is 0 Å². The van der Waals surface area contributed by atoms with Crippen LogP contribution in [0.15, 0.2) is 22.7 Å². The van der Waals surface area contributed by atoms with Gasteiger partial charge < -0.3 is 15.2 Å². The molecule has 0 aliphatic rings. The van der Waals surface area contributed by atoms with E-state index in [1.807, 2.05) is 0 Å². The fraction of sp³-hybridized carbons (Fsp3) is 0.455. The van der Waals surface area contributed by atoms with Crippen LogP contribution in [-0.2, 0) is 6.54 Å². The van der Waals surface area contributed by atoms with Gasteiger partial charge in [-0.15, -0.1) is 13.2 Å². The van der Waals surface area contributed by atoms with Gasteiger partial charge in [-0.25, -0.2) is 8.78 Å². The van der Waals surface area contributed by atoms with Gasteiger partial charge in [-0.3, -0.25) is 0 Å². The minimum atomic E-state index is -4.79. The van der Waals surface area contributed by atoms with Crippen LogP contribution in [0.3, 0.4) is 0 Å².